The molecule has 0 amide bonds. The number of hydrogen-bond donors (Lipinski definition) is 1. The van der Waals surface area contributed by atoms with Crippen LogP contribution < -0.4 is 5.32 Å². The van der Waals surface area contributed by atoms with Crippen LogP contribution in [0.25, 0.3) is 0 Å². The lowest BCUT2D eigenvalue weighted by Crippen LogP contribution is -2.44. The maximum absolute atomic E-state index is 5.57. The Kier molecular flexibility index (Phi) is 5.61. The van der Waals surface area contributed by atoms with Gasteiger partial charge >= 0.3 is 0 Å². The molecule has 1 fully saturated rings. The van der Waals surface area contributed by atoms with E-state index in [1.165, 1.54) is 16.2 Å². The van der Waals surface area contributed by atoms with E-state index >= 15 is 0 Å². The summed E-state index contributed by atoms with van der Waals surface area (Å²) in [6.07, 6.45) is 1.17. The molecular weight excluding hydrogens is 268 g/mol. The predicted octanol–water partition coefficient (Wildman–Crippen LogP) is 3.25. The van der Waals surface area contributed by atoms with E-state index < -0.39 is 0 Å². The van der Waals surface area contributed by atoms with Crippen molar-refractivity contribution in [2.24, 2.45) is 0 Å². The molecule has 114 valence electrons. The average Bonchev–Trinajstić information content (AvgIpc) is 2.84. The van der Waals surface area contributed by atoms with Crippen LogP contribution in [0.5, 0.6) is 0 Å². The lowest BCUT2D eigenvalue weighted by molar-refractivity contribution is -0.0122. The van der Waals surface area contributed by atoms with Gasteiger partial charge in [-0.2, -0.15) is 0 Å². The summed E-state index contributed by atoms with van der Waals surface area (Å²) in [5, 5.41) is 3.55. The van der Waals surface area contributed by atoms with Gasteiger partial charge < -0.3 is 10.1 Å². The number of ether oxygens (including phenoxy) is 1. The second-order valence-electron chi connectivity index (χ2n) is 6.58. The van der Waals surface area contributed by atoms with Crippen LogP contribution in [-0.2, 0) is 17.8 Å². The van der Waals surface area contributed by atoms with E-state index in [0.717, 1.165) is 32.8 Å². The van der Waals surface area contributed by atoms with Crippen molar-refractivity contribution in [2.75, 3.05) is 19.8 Å². The van der Waals surface area contributed by atoms with Crippen LogP contribution in [0.3, 0.4) is 0 Å². The van der Waals surface area contributed by atoms with E-state index in [2.05, 4.69) is 50.0 Å². The van der Waals surface area contributed by atoms with E-state index in [9.17, 15) is 0 Å². The fraction of sp³-hybridized carbons (Fsp3) is 0.750. The standard InChI is InChI=1S/C16H28N2OS/c1-5-13-12-19-9-8-18(13)11-15-7-6-14(20-15)10-17-16(2,3)4/h6-7,13,17H,5,8-12H2,1-4H3. The number of thiophene rings is 1. The highest BCUT2D eigenvalue weighted by Crippen LogP contribution is 2.21. The molecule has 2 rings (SSSR count). The topological polar surface area (TPSA) is 24.5 Å². The van der Waals surface area contributed by atoms with Gasteiger partial charge in [-0.05, 0) is 39.3 Å². The molecule has 0 saturated carbocycles. The van der Waals surface area contributed by atoms with E-state index in [0.29, 0.717) is 6.04 Å². The van der Waals surface area contributed by atoms with Gasteiger partial charge in [0.25, 0.3) is 0 Å². The van der Waals surface area contributed by atoms with Crippen molar-refractivity contribution >= 4 is 11.3 Å². The SMILES string of the molecule is CCC1COCCN1Cc1ccc(CNC(C)(C)C)s1. The molecule has 1 aromatic rings. The first-order valence-electron chi connectivity index (χ1n) is 7.62. The first kappa shape index (κ1) is 16.0. The third kappa shape index (κ3) is 4.85. The van der Waals surface area contributed by atoms with Crippen LogP contribution in [0.1, 0.15) is 43.9 Å². The monoisotopic (exact) mass is 296 g/mol. The Morgan fingerprint density at radius 2 is 2.10 bits per heavy atom. The molecule has 1 aliphatic rings. The predicted molar refractivity (Wildman–Crippen MR) is 86.2 cm³/mol. The summed E-state index contributed by atoms with van der Waals surface area (Å²) >= 11 is 1.93. The molecule has 1 atom stereocenters. The first-order valence-corrected chi connectivity index (χ1v) is 8.44. The summed E-state index contributed by atoms with van der Waals surface area (Å²) in [5.41, 5.74) is 0.182. The number of rotatable bonds is 5. The van der Waals surface area contributed by atoms with Gasteiger partial charge in [-0.3, -0.25) is 4.90 Å². The van der Waals surface area contributed by atoms with E-state index in [1.807, 2.05) is 11.3 Å². The fourth-order valence-electron chi connectivity index (χ4n) is 2.43. The largest absolute Gasteiger partial charge is 0.378 e. The zero-order valence-corrected chi connectivity index (χ0v) is 14.1. The summed E-state index contributed by atoms with van der Waals surface area (Å²) in [7, 11) is 0. The van der Waals surface area contributed by atoms with Crippen molar-refractivity contribution in [2.45, 2.75) is 58.8 Å². The highest BCUT2D eigenvalue weighted by molar-refractivity contribution is 7.11. The molecule has 3 nitrogen and oxygen atoms in total. The maximum atomic E-state index is 5.57. The zero-order chi connectivity index (χ0) is 14.6. The molecule has 4 heteroatoms. The molecular formula is C16H28N2OS. The molecule has 0 spiro atoms. The Labute approximate surface area is 127 Å². The Morgan fingerprint density at radius 3 is 2.80 bits per heavy atom. The van der Waals surface area contributed by atoms with Crippen molar-refractivity contribution in [1.82, 2.24) is 10.2 Å². The third-order valence-corrected chi connectivity index (χ3v) is 4.76. The molecule has 0 aliphatic carbocycles. The summed E-state index contributed by atoms with van der Waals surface area (Å²) in [6.45, 7) is 13.7. The highest BCUT2D eigenvalue weighted by atomic mass is 32.1. The third-order valence-electron chi connectivity index (χ3n) is 3.69. The van der Waals surface area contributed by atoms with Gasteiger partial charge in [0.2, 0.25) is 0 Å². The lowest BCUT2D eigenvalue weighted by Gasteiger charge is -2.34. The minimum absolute atomic E-state index is 0.182. The molecule has 2 heterocycles. The van der Waals surface area contributed by atoms with Gasteiger partial charge in [0.15, 0.2) is 0 Å². The van der Waals surface area contributed by atoms with Crippen LogP contribution in [0.4, 0.5) is 0 Å². The summed E-state index contributed by atoms with van der Waals surface area (Å²) in [6, 6.07) is 5.13. The Morgan fingerprint density at radius 1 is 1.35 bits per heavy atom. The van der Waals surface area contributed by atoms with Gasteiger partial charge in [-0.1, -0.05) is 6.92 Å². The molecule has 0 aromatic carbocycles. The van der Waals surface area contributed by atoms with Crippen LogP contribution >= 0.6 is 11.3 Å². The summed E-state index contributed by atoms with van der Waals surface area (Å²) < 4.78 is 5.57. The number of hydrogen-bond acceptors (Lipinski definition) is 4. The maximum Gasteiger partial charge on any atom is 0.0622 e. The van der Waals surface area contributed by atoms with Crippen molar-refractivity contribution in [3.05, 3.63) is 21.9 Å². The second kappa shape index (κ2) is 7.03. The molecule has 0 radical (unpaired) electrons. The van der Waals surface area contributed by atoms with Crippen molar-refractivity contribution in [3.63, 3.8) is 0 Å². The van der Waals surface area contributed by atoms with Crippen molar-refractivity contribution in [3.8, 4) is 0 Å². The van der Waals surface area contributed by atoms with Crippen LogP contribution in [0.15, 0.2) is 12.1 Å². The van der Waals surface area contributed by atoms with Crippen LogP contribution in [0, 0.1) is 0 Å². The van der Waals surface area contributed by atoms with Gasteiger partial charge in [-0.15, -0.1) is 11.3 Å². The quantitative estimate of drug-likeness (QED) is 0.903. The first-order chi connectivity index (χ1) is 9.48. The molecule has 1 saturated heterocycles. The van der Waals surface area contributed by atoms with Gasteiger partial charge in [0.1, 0.15) is 0 Å². The van der Waals surface area contributed by atoms with E-state index in [4.69, 9.17) is 4.74 Å². The fourth-order valence-corrected chi connectivity index (χ4v) is 3.41. The molecule has 20 heavy (non-hydrogen) atoms. The molecule has 1 N–H and O–H groups in total. The number of morpholine rings is 1. The number of nitrogens with one attached hydrogen (secondary N) is 1. The number of nitrogens with zero attached hydrogens (tertiary/aromatic N) is 1. The molecule has 0 bridgehead atoms. The Balaban J connectivity index is 1.88. The smallest absolute Gasteiger partial charge is 0.0622 e. The van der Waals surface area contributed by atoms with Crippen LogP contribution in [0.2, 0.25) is 0 Å². The minimum atomic E-state index is 0.182. The van der Waals surface area contributed by atoms with Gasteiger partial charge in [-0.25, -0.2) is 0 Å². The Bertz CT molecular complexity index is 411. The zero-order valence-electron chi connectivity index (χ0n) is 13.2. The molecule has 1 aromatic heterocycles. The average molecular weight is 296 g/mol. The lowest BCUT2D eigenvalue weighted by atomic mass is 10.1. The van der Waals surface area contributed by atoms with E-state index in [1.54, 1.807) is 0 Å². The van der Waals surface area contributed by atoms with Gasteiger partial charge in [0, 0.05) is 41.0 Å². The van der Waals surface area contributed by atoms with Crippen LogP contribution in [-0.4, -0.2) is 36.2 Å². The summed E-state index contributed by atoms with van der Waals surface area (Å²) in [4.78, 5) is 5.46. The Hall–Kier alpha value is -0.420. The van der Waals surface area contributed by atoms with Gasteiger partial charge in [0.05, 0.1) is 13.2 Å². The minimum Gasteiger partial charge on any atom is -0.378 e. The molecule has 1 unspecified atom stereocenters. The highest BCUT2D eigenvalue weighted by Gasteiger charge is 2.21. The van der Waals surface area contributed by atoms with Crippen molar-refractivity contribution in [1.29, 1.82) is 0 Å². The summed E-state index contributed by atoms with van der Waals surface area (Å²) in [5.74, 6) is 0. The van der Waals surface area contributed by atoms with Crippen molar-refractivity contribution < 1.29 is 4.74 Å². The molecule has 1 aliphatic heterocycles. The van der Waals surface area contributed by atoms with E-state index in [-0.39, 0.29) is 5.54 Å². The second-order valence-corrected chi connectivity index (χ2v) is 7.83. The normalized spacial score (nSPS) is 21.3.